The summed E-state index contributed by atoms with van der Waals surface area (Å²) in [5, 5.41) is 15.5. The second kappa shape index (κ2) is 4.27. The molecule has 0 radical (unpaired) electrons. The van der Waals surface area contributed by atoms with Gasteiger partial charge in [0.05, 0.1) is 18.9 Å². The first-order chi connectivity index (χ1) is 8.75. The van der Waals surface area contributed by atoms with Crippen molar-refractivity contribution in [3.63, 3.8) is 0 Å². The number of H-pyrrole nitrogens is 1. The molecule has 1 saturated heterocycles. The van der Waals surface area contributed by atoms with Crippen LogP contribution < -0.4 is 0 Å². The third-order valence-corrected chi connectivity index (χ3v) is 3.12. The summed E-state index contributed by atoms with van der Waals surface area (Å²) in [6, 6.07) is 9.45. The quantitative estimate of drug-likeness (QED) is 0.864. The fourth-order valence-electron chi connectivity index (χ4n) is 2.07. The summed E-state index contributed by atoms with van der Waals surface area (Å²) in [5.41, 5.74) is 2.89. The Balaban J connectivity index is 2.02. The summed E-state index contributed by atoms with van der Waals surface area (Å²) in [4.78, 5) is 10.8. The van der Waals surface area contributed by atoms with Gasteiger partial charge in [0.25, 0.3) is 0 Å². The van der Waals surface area contributed by atoms with Crippen LogP contribution in [-0.2, 0) is 4.74 Å². The number of benzene rings is 1. The van der Waals surface area contributed by atoms with Crippen LogP contribution in [0.15, 0.2) is 30.3 Å². The lowest BCUT2D eigenvalue weighted by Crippen LogP contribution is -2.25. The molecule has 1 aliphatic heterocycles. The predicted molar refractivity (Wildman–Crippen MR) is 64.5 cm³/mol. The van der Waals surface area contributed by atoms with Gasteiger partial charge in [0.15, 0.2) is 0 Å². The van der Waals surface area contributed by atoms with Gasteiger partial charge in [0, 0.05) is 11.5 Å². The molecule has 92 valence electrons. The summed E-state index contributed by atoms with van der Waals surface area (Å²) in [6.07, 6.45) is 0. The van der Waals surface area contributed by atoms with Crippen molar-refractivity contribution in [3.8, 4) is 11.3 Å². The van der Waals surface area contributed by atoms with Crippen molar-refractivity contribution < 1.29 is 14.6 Å². The van der Waals surface area contributed by atoms with Gasteiger partial charge in [-0.15, -0.1) is 0 Å². The highest BCUT2D eigenvalue weighted by Gasteiger charge is 2.24. The monoisotopic (exact) mass is 244 g/mol. The van der Waals surface area contributed by atoms with E-state index in [-0.39, 0.29) is 5.69 Å². The molecule has 0 saturated carbocycles. The Labute approximate surface area is 103 Å². The molecule has 0 atom stereocenters. The van der Waals surface area contributed by atoms with Gasteiger partial charge in [-0.1, -0.05) is 24.3 Å². The Morgan fingerprint density at radius 1 is 1.39 bits per heavy atom. The van der Waals surface area contributed by atoms with Crippen LogP contribution in [0.2, 0.25) is 0 Å². The lowest BCUT2D eigenvalue weighted by Gasteiger charge is -2.27. The zero-order chi connectivity index (χ0) is 12.5. The van der Waals surface area contributed by atoms with Gasteiger partial charge in [-0.25, -0.2) is 4.79 Å². The fourth-order valence-corrected chi connectivity index (χ4v) is 2.07. The molecule has 5 heteroatoms. The Morgan fingerprint density at radius 2 is 2.17 bits per heavy atom. The van der Waals surface area contributed by atoms with Gasteiger partial charge in [-0.3, -0.25) is 5.10 Å². The molecular formula is C13H12N2O3. The van der Waals surface area contributed by atoms with Crippen molar-refractivity contribution in [2.24, 2.45) is 0 Å². The van der Waals surface area contributed by atoms with Crippen LogP contribution in [0.3, 0.4) is 0 Å². The maximum atomic E-state index is 10.8. The molecule has 0 spiro atoms. The van der Waals surface area contributed by atoms with E-state index in [9.17, 15) is 4.79 Å². The van der Waals surface area contributed by atoms with Crippen molar-refractivity contribution in [3.05, 3.63) is 41.6 Å². The molecule has 0 aliphatic carbocycles. The van der Waals surface area contributed by atoms with Crippen LogP contribution in [0.4, 0.5) is 0 Å². The van der Waals surface area contributed by atoms with Crippen molar-refractivity contribution in [2.75, 3.05) is 13.2 Å². The number of ether oxygens (including phenoxy) is 1. The first kappa shape index (κ1) is 11.0. The van der Waals surface area contributed by atoms with E-state index in [0.717, 1.165) is 11.1 Å². The van der Waals surface area contributed by atoms with Crippen LogP contribution in [-0.4, -0.2) is 34.5 Å². The number of hydrogen-bond donors (Lipinski definition) is 2. The molecule has 1 aliphatic rings. The number of aromatic carboxylic acids is 1. The van der Waals surface area contributed by atoms with E-state index in [1.807, 2.05) is 24.3 Å². The van der Waals surface area contributed by atoms with Crippen LogP contribution >= 0.6 is 0 Å². The molecule has 1 aromatic carbocycles. The van der Waals surface area contributed by atoms with Gasteiger partial charge < -0.3 is 9.84 Å². The lowest BCUT2D eigenvalue weighted by atomic mass is 9.91. The summed E-state index contributed by atoms with van der Waals surface area (Å²) >= 11 is 0. The van der Waals surface area contributed by atoms with Crippen molar-refractivity contribution >= 4 is 5.97 Å². The number of carboxylic acids is 1. The Morgan fingerprint density at radius 3 is 2.78 bits per heavy atom. The first-order valence-electron chi connectivity index (χ1n) is 5.71. The largest absolute Gasteiger partial charge is 0.477 e. The third-order valence-electron chi connectivity index (χ3n) is 3.12. The minimum absolute atomic E-state index is 0.102. The second-order valence-corrected chi connectivity index (χ2v) is 4.29. The second-order valence-electron chi connectivity index (χ2n) is 4.29. The van der Waals surface area contributed by atoms with E-state index in [0.29, 0.717) is 24.8 Å². The molecule has 5 nitrogen and oxygen atoms in total. The number of nitrogens with one attached hydrogen (secondary N) is 1. The SMILES string of the molecule is O=C(O)c1cc(-c2ccccc2C2COC2)n[nH]1. The van der Waals surface area contributed by atoms with E-state index in [1.165, 1.54) is 0 Å². The number of carboxylic acid groups (broad SMARTS) is 1. The summed E-state index contributed by atoms with van der Waals surface area (Å²) in [5.74, 6) is -0.621. The summed E-state index contributed by atoms with van der Waals surface area (Å²) in [7, 11) is 0. The number of nitrogens with zero attached hydrogens (tertiary/aromatic N) is 1. The highest BCUT2D eigenvalue weighted by atomic mass is 16.5. The normalized spacial score (nSPS) is 15.3. The minimum Gasteiger partial charge on any atom is -0.477 e. The van der Waals surface area contributed by atoms with Crippen LogP contribution in [0.25, 0.3) is 11.3 Å². The smallest absolute Gasteiger partial charge is 0.353 e. The molecular weight excluding hydrogens is 232 g/mol. The maximum absolute atomic E-state index is 10.8. The maximum Gasteiger partial charge on any atom is 0.353 e. The van der Waals surface area contributed by atoms with Gasteiger partial charge in [0.1, 0.15) is 5.69 Å². The lowest BCUT2D eigenvalue weighted by molar-refractivity contribution is 0.00863. The van der Waals surface area contributed by atoms with Crippen molar-refractivity contribution in [1.82, 2.24) is 10.2 Å². The molecule has 3 rings (SSSR count). The highest BCUT2D eigenvalue weighted by Crippen LogP contribution is 2.32. The summed E-state index contributed by atoms with van der Waals surface area (Å²) in [6.45, 7) is 1.43. The fraction of sp³-hybridized carbons (Fsp3) is 0.231. The Kier molecular flexibility index (Phi) is 2.60. The van der Waals surface area contributed by atoms with Crippen LogP contribution in [0, 0.1) is 0 Å². The zero-order valence-corrected chi connectivity index (χ0v) is 9.59. The predicted octanol–water partition coefficient (Wildman–Crippen LogP) is 1.89. The van der Waals surface area contributed by atoms with E-state index < -0.39 is 5.97 Å². The Bertz CT molecular complexity index is 587. The first-order valence-corrected chi connectivity index (χ1v) is 5.71. The van der Waals surface area contributed by atoms with Gasteiger partial charge in [0.2, 0.25) is 0 Å². The standard InChI is InChI=1S/C13H12N2O3/c16-13(17)12-5-11(14-15-12)10-4-2-1-3-9(10)8-6-18-7-8/h1-5,8H,6-7H2,(H,14,15)(H,16,17). The van der Waals surface area contributed by atoms with E-state index in [2.05, 4.69) is 10.2 Å². The molecule has 0 unspecified atom stereocenters. The third kappa shape index (κ3) is 1.78. The van der Waals surface area contributed by atoms with Crippen LogP contribution in [0.5, 0.6) is 0 Å². The van der Waals surface area contributed by atoms with E-state index >= 15 is 0 Å². The highest BCUT2D eigenvalue weighted by molar-refractivity contribution is 5.87. The molecule has 18 heavy (non-hydrogen) atoms. The average molecular weight is 244 g/mol. The molecule has 2 N–H and O–H groups in total. The molecule has 2 heterocycles. The number of hydrogen-bond acceptors (Lipinski definition) is 3. The van der Waals surface area contributed by atoms with Crippen LogP contribution in [0.1, 0.15) is 22.0 Å². The number of aromatic nitrogens is 2. The van der Waals surface area contributed by atoms with Gasteiger partial charge in [-0.05, 0) is 11.6 Å². The number of carbonyl (C=O) groups is 1. The summed E-state index contributed by atoms with van der Waals surface area (Å²) < 4.78 is 5.20. The number of rotatable bonds is 3. The molecule has 1 fully saturated rings. The molecule has 0 amide bonds. The van der Waals surface area contributed by atoms with E-state index in [4.69, 9.17) is 9.84 Å². The van der Waals surface area contributed by atoms with Gasteiger partial charge >= 0.3 is 5.97 Å². The average Bonchev–Trinajstić information content (AvgIpc) is 2.77. The number of aromatic amines is 1. The molecule has 0 bridgehead atoms. The zero-order valence-electron chi connectivity index (χ0n) is 9.59. The van der Waals surface area contributed by atoms with Crippen molar-refractivity contribution in [1.29, 1.82) is 0 Å². The van der Waals surface area contributed by atoms with Crippen molar-refractivity contribution in [2.45, 2.75) is 5.92 Å². The Hall–Kier alpha value is -2.14. The molecule has 2 aromatic rings. The van der Waals surface area contributed by atoms with Gasteiger partial charge in [-0.2, -0.15) is 5.10 Å². The minimum atomic E-state index is -1.00. The van der Waals surface area contributed by atoms with E-state index in [1.54, 1.807) is 6.07 Å². The molecule has 1 aromatic heterocycles. The topological polar surface area (TPSA) is 75.2 Å².